The van der Waals surface area contributed by atoms with Gasteiger partial charge in [0.05, 0.1) is 22.2 Å². The molecule has 110 valence electrons. The first-order chi connectivity index (χ1) is 11.7. The van der Waals surface area contributed by atoms with Crippen LogP contribution in [0.15, 0.2) is 36.7 Å². The average Bonchev–Trinajstić information content (AvgIpc) is 2.64. The lowest BCUT2D eigenvalue weighted by Crippen LogP contribution is -1.97. The van der Waals surface area contributed by atoms with Crippen LogP contribution in [0.4, 0.5) is 0 Å². The maximum Gasteiger partial charge on any atom is 0.333 e. The van der Waals surface area contributed by atoms with Crippen LogP contribution in [0.5, 0.6) is 0 Å². The Bertz CT molecular complexity index is 1000. The van der Waals surface area contributed by atoms with Gasteiger partial charge in [0.2, 0.25) is 0 Å². The van der Waals surface area contributed by atoms with Crippen molar-refractivity contribution in [3.63, 3.8) is 0 Å². The van der Waals surface area contributed by atoms with Gasteiger partial charge in [0.25, 0.3) is 0 Å². The van der Waals surface area contributed by atoms with Crippen LogP contribution in [-0.2, 0) is 0 Å². The van der Waals surface area contributed by atoms with Crippen molar-refractivity contribution in [2.75, 3.05) is 0 Å². The van der Waals surface area contributed by atoms with Crippen molar-refractivity contribution >= 4 is 21.8 Å². The van der Waals surface area contributed by atoms with Crippen molar-refractivity contribution in [1.82, 2.24) is 9.97 Å². The predicted octanol–water partition coefficient (Wildman–Crippen LogP) is 3.75. The first kappa shape index (κ1) is 14.9. The van der Waals surface area contributed by atoms with Crippen molar-refractivity contribution in [2.24, 2.45) is 0 Å². The third-order valence-electron chi connectivity index (χ3n) is 3.78. The van der Waals surface area contributed by atoms with Crippen LogP contribution in [0.1, 0.15) is 23.2 Å². The summed E-state index contributed by atoms with van der Waals surface area (Å²) in [6.45, 7) is 14.3. The van der Waals surface area contributed by atoms with E-state index in [-0.39, 0.29) is 0 Å². The first-order valence-corrected chi connectivity index (χ1v) is 6.93. The molecule has 6 heteroatoms. The van der Waals surface area contributed by atoms with Crippen LogP contribution in [0, 0.1) is 35.8 Å². The summed E-state index contributed by atoms with van der Waals surface area (Å²) in [6, 6.07) is 8.95. The molecule has 0 fully saturated rings. The van der Waals surface area contributed by atoms with E-state index in [4.69, 9.17) is 23.7 Å². The molecule has 0 aliphatic carbocycles. The fourth-order valence-corrected chi connectivity index (χ4v) is 2.68. The molecule has 0 amide bonds. The Morgan fingerprint density at radius 3 is 1.54 bits per heavy atom. The number of hydrogen-bond donors (Lipinski definition) is 0. The Morgan fingerprint density at radius 1 is 0.792 bits per heavy atom. The van der Waals surface area contributed by atoms with E-state index in [1.165, 1.54) is 12.4 Å². The number of aromatic nitrogens is 2. The van der Waals surface area contributed by atoms with E-state index in [2.05, 4.69) is 19.7 Å². The van der Waals surface area contributed by atoms with Gasteiger partial charge < -0.3 is 0 Å². The number of hydrogen-bond acceptors (Lipinski definition) is 4. The summed E-state index contributed by atoms with van der Waals surface area (Å²) in [5, 5.41) is 19.7. The molecule has 0 saturated carbocycles. The third kappa shape index (κ3) is 2.17. The highest BCUT2D eigenvalue weighted by molar-refractivity contribution is 6.05. The summed E-state index contributed by atoms with van der Waals surface area (Å²) >= 11 is 0. The normalized spacial score (nSPS) is 12.5. The average molecular weight is 308 g/mol. The molecule has 0 N–H and O–H groups in total. The monoisotopic (exact) mass is 308 g/mol. The minimum absolute atomic E-state index is 0.553. The standard InChI is InChI=1S/C18H8N6/c1-21-15(9-19)11-5-7-23-17-13(11)3-4-14-12(16(10-20)22-2)6-8-24-18(14)17/h3-8,15-16H. The highest BCUT2D eigenvalue weighted by atomic mass is 14.8. The summed E-state index contributed by atoms with van der Waals surface area (Å²) in [7, 11) is 0. The molecule has 0 aliphatic rings. The Kier molecular flexibility index (Phi) is 3.74. The Morgan fingerprint density at radius 2 is 1.21 bits per heavy atom. The van der Waals surface area contributed by atoms with Crippen molar-refractivity contribution in [3.05, 3.63) is 70.6 Å². The zero-order valence-electron chi connectivity index (χ0n) is 12.3. The van der Waals surface area contributed by atoms with Gasteiger partial charge in [0.15, 0.2) is 12.1 Å². The van der Waals surface area contributed by atoms with Crippen molar-refractivity contribution in [2.45, 2.75) is 12.1 Å². The fraction of sp³-hybridized carbons (Fsp3) is 0.111. The highest BCUT2D eigenvalue weighted by Crippen LogP contribution is 2.32. The minimum atomic E-state index is -0.911. The van der Waals surface area contributed by atoms with E-state index in [1.807, 2.05) is 12.1 Å². The molecule has 0 aliphatic heterocycles. The van der Waals surface area contributed by atoms with Crippen LogP contribution in [0.3, 0.4) is 0 Å². The molecular formula is C18H8N6. The zero-order valence-corrected chi connectivity index (χ0v) is 12.3. The van der Waals surface area contributed by atoms with Gasteiger partial charge in [-0.15, -0.1) is 0 Å². The van der Waals surface area contributed by atoms with Gasteiger partial charge in [0, 0.05) is 23.2 Å². The molecule has 3 aromatic rings. The highest BCUT2D eigenvalue weighted by Gasteiger charge is 2.22. The summed E-state index contributed by atoms with van der Waals surface area (Å²) in [5.74, 6) is 0. The lowest BCUT2D eigenvalue weighted by molar-refractivity contribution is 1.09. The number of pyridine rings is 2. The van der Waals surface area contributed by atoms with Gasteiger partial charge in [-0.1, -0.05) is 12.1 Å². The number of nitriles is 2. The molecule has 2 atom stereocenters. The van der Waals surface area contributed by atoms with E-state index in [0.717, 1.165) is 0 Å². The lowest BCUT2D eigenvalue weighted by Gasteiger charge is -2.08. The second kappa shape index (κ2) is 6.01. The molecule has 2 aromatic heterocycles. The smallest absolute Gasteiger partial charge is 0.292 e. The van der Waals surface area contributed by atoms with Crippen LogP contribution >= 0.6 is 0 Å². The second-order valence-electron chi connectivity index (χ2n) is 4.98. The van der Waals surface area contributed by atoms with E-state index in [1.54, 1.807) is 24.3 Å². The molecule has 0 bridgehead atoms. The summed E-state index contributed by atoms with van der Waals surface area (Å²) in [5.41, 5.74) is 2.26. The third-order valence-corrected chi connectivity index (χ3v) is 3.78. The Labute approximate surface area is 137 Å². The van der Waals surface area contributed by atoms with Gasteiger partial charge in [0.1, 0.15) is 0 Å². The van der Waals surface area contributed by atoms with E-state index in [0.29, 0.717) is 32.9 Å². The zero-order chi connectivity index (χ0) is 17.1. The molecule has 1 aromatic carbocycles. The first-order valence-electron chi connectivity index (χ1n) is 6.93. The molecule has 6 nitrogen and oxygen atoms in total. The topological polar surface area (TPSA) is 82.1 Å². The van der Waals surface area contributed by atoms with E-state index in [9.17, 15) is 0 Å². The molecule has 3 rings (SSSR count). The maximum atomic E-state index is 9.16. The molecular weight excluding hydrogens is 300 g/mol. The van der Waals surface area contributed by atoms with Crippen molar-refractivity contribution in [1.29, 1.82) is 10.5 Å². The number of benzene rings is 1. The van der Waals surface area contributed by atoms with Crippen molar-refractivity contribution < 1.29 is 0 Å². The van der Waals surface area contributed by atoms with Gasteiger partial charge in [-0.25, -0.2) is 13.1 Å². The summed E-state index contributed by atoms with van der Waals surface area (Å²) in [4.78, 5) is 15.4. The van der Waals surface area contributed by atoms with Crippen LogP contribution in [0.2, 0.25) is 0 Å². The van der Waals surface area contributed by atoms with Crippen LogP contribution < -0.4 is 0 Å². The summed E-state index contributed by atoms with van der Waals surface area (Å²) in [6.07, 6.45) is 3.08. The predicted molar refractivity (Wildman–Crippen MR) is 87.0 cm³/mol. The molecule has 0 spiro atoms. The minimum Gasteiger partial charge on any atom is -0.292 e. The lowest BCUT2D eigenvalue weighted by atomic mass is 9.98. The molecule has 24 heavy (non-hydrogen) atoms. The largest absolute Gasteiger partial charge is 0.333 e. The second-order valence-corrected chi connectivity index (χ2v) is 4.98. The molecule has 0 radical (unpaired) electrons. The van der Waals surface area contributed by atoms with Gasteiger partial charge >= 0.3 is 12.1 Å². The van der Waals surface area contributed by atoms with Gasteiger partial charge in [-0.05, 0) is 12.1 Å². The fourth-order valence-electron chi connectivity index (χ4n) is 2.68. The molecule has 2 unspecified atom stereocenters. The maximum absolute atomic E-state index is 9.16. The number of nitrogens with zero attached hydrogens (tertiary/aromatic N) is 6. The van der Waals surface area contributed by atoms with E-state index < -0.39 is 12.1 Å². The Balaban J connectivity index is 2.39. The molecule has 2 heterocycles. The Hall–Kier alpha value is -4.00. The quantitative estimate of drug-likeness (QED) is 0.533. The molecule has 0 saturated heterocycles. The van der Waals surface area contributed by atoms with E-state index >= 15 is 0 Å². The van der Waals surface area contributed by atoms with Crippen LogP contribution in [0.25, 0.3) is 31.5 Å². The number of rotatable bonds is 2. The van der Waals surface area contributed by atoms with Crippen molar-refractivity contribution in [3.8, 4) is 12.1 Å². The summed E-state index contributed by atoms with van der Waals surface area (Å²) < 4.78 is 0. The SMILES string of the molecule is [C-]#[N+]C(C#N)c1ccnc2c1ccc1c(C(C#N)[N+]#[C-])ccnc12. The van der Waals surface area contributed by atoms with Crippen LogP contribution in [-0.4, -0.2) is 9.97 Å². The van der Waals surface area contributed by atoms with Gasteiger partial charge in [-0.3, -0.25) is 19.7 Å². The number of fused-ring (bicyclic) bond motifs is 3. The van der Waals surface area contributed by atoms with Gasteiger partial charge in [-0.2, -0.15) is 10.5 Å².